The van der Waals surface area contributed by atoms with Crippen molar-refractivity contribution in [2.45, 2.75) is 13.0 Å². The van der Waals surface area contributed by atoms with E-state index < -0.39 is 0 Å². The van der Waals surface area contributed by atoms with E-state index in [2.05, 4.69) is 10.6 Å². The third-order valence-electron chi connectivity index (χ3n) is 3.20. The normalized spacial score (nSPS) is 11.9. The molecule has 118 valence electrons. The van der Waals surface area contributed by atoms with Gasteiger partial charge in [-0.2, -0.15) is 0 Å². The molecule has 0 aliphatic rings. The number of halogens is 1. The van der Waals surface area contributed by atoms with Crippen molar-refractivity contribution in [3.05, 3.63) is 76.8 Å². The lowest BCUT2D eigenvalue weighted by Crippen LogP contribution is -2.39. The molecule has 2 rings (SSSR count). The fourth-order valence-electron chi connectivity index (χ4n) is 1.99. The summed E-state index contributed by atoms with van der Waals surface area (Å²) in [4.78, 5) is 11.9. The molecule has 0 aliphatic carbocycles. The van der Waals surface area contributed by atoms with E-state index in [9.17, 15) is 4.79 Å². The van der Waals surface area contributed by atoms with Crippen molar-refractivity contribution in [2.75, 3.05) is 0 Å². The smallest absolute Gasteiger partial charge is 0.250 e. The predicted molar refractivity (Wildman–Crippen MR) is 99.2 cm³/mol. The number of hydrogen-bond acceptors (Lipinski definition) is 2. The lowest BCUT2D eigenvalue weighted by atomic mass is 10.1. The van der Waals surface area contributed by atoms with Crippen molar-refractivity contribution >= 4 is 40.9 Å². The number of nitrogens with one attached hydrogen (secondary N) is 2. The van der Waals surface area contributed by atoms with Crippen LogP contribution in [0.3, 0.4) is 0 Å². The van der Waals surface area contributed by atoms with Gasteiger partial charge in [0.2, 0.25) is 5.91 Å². The summed E-state index contributed by atoms with van der Waals surface area (Å²) in [5.74, 6) is -0.303. The molecule has 0 aromatic heterocycles. The van der Waals surface area contributed by atoms with E-state index in [1.165, 1.54) is 6.08 Å². The molecule has 5 heteroatoms. The quantitative estimate of drug-likeness (QED) is 0.648. The van der Waals surface area contributed by atoms with Crippen LogP contribution in [0.2, 0.25) is 5.02 Å². The van der Waals surface area contributed by atoms with Crippen LogP contribution in [0.25, 0.3) is 6.08 Å². The molecular weight excluding hydrogens is 328 g/mol. The lowest BCUT2D eigenvalue weighted by Gasteiger charge is -2.16. The first-order chi connectivity index (χ1) is 11.1. The maximum Gasteiger partial charge on any atom is 0.250 e. The largest absolute Gasteiger partial charge is 0.356 e. The van der Waals surface area contributed by atoms with Crippen molar-refractivity contribution < 1.29 is 4.79 Å². The van der Waals surface area contributed by atoms with Crippen molar-refractivity contribution in [1.82, 2.24) is 10.6 Å². The van der Waals surface area contributed by atoms with Crippen LogP contribution in [0.15, 0.2) is 60.7 Å². The fourth-order valence-corrected chi connectivity index (χ4v) is 2.46. The highest BCUT2D eigenvalue weighted by molar-refractivity contribution is 7.80. The molecule has 23 heavy (non-hydrogen) atoms. The van der Waals surface area contributed by atoms with Crippen molar-refractivity contribution in [3.8, 4) is 0 Å². The van der Waals surface area contributed by atoms with Crippen LogP contribution < -0.4 is 10.6 Å². The zero-order chi connectivity index (χ0) is 16.7. The maximum atomic E-state index is 11.9. The van der Waals surface area contributed by atoms with E-state index in [1.807, 2.05) is 55.5 Å². The minimum absolute atomic E-state index is 0.0107. The molecule has 0 heterocycles. The Morgan fingerprint density at radius 3 is 2.48 bits per heavy atom. The SMILES string of the molecule is C[C@@H](NC(=S)NC(=O)/C=C\c1ccccc1Cl)c1ccccc1. The van der Waals surface area contributed by atoms with Crippen LogP contribution >= 0.6 is 23.8 Å². The summed E-state index contributed by atoms with van der Waals surface area (Å²) in [5.41, 5.74) is 1.87. The average molecular weight is 345 g/mol. The summed E-state index contributed by atoms with van der Waals surface area (Å²) < 4.78 is 0. The fraction of sp³-hybridized carbons (Fsp3) is 0.111. The number of hydrogen-bond donors (Lipinski definition) is 2. The van der Waals surface area contributed by atoms with Gasteiger partial charge in [0, 0.05) is 11.1 Å². The molecule has 0 bridgehead atoms. The molecular formula is C18H17ClN2OS. The van der Waals surface area contributed by atoms with Gasteiger partial charge < -0.3 is 5.32 Å². The van der Waals surface area contributed by atoms with Gasteiger partial charge in [-0.05, 0) is 42.4 Å². The van der Waals surface area contributed by atoms with Gasteiger partial charge in [0.15, 0.2) is 5.11 Å². The highest BCUT2D eigenvalue weighted by Gasteiger charge is 2.07. The molecule has 0 aliphatic heterocycles. The Labute approximate surface area is 146 Å². The number of amides is 1. The molecule has 0 spiro atoms. The maximum absolute atomic E-state index is 11.9. The van der Waals surface area contributed by atoms with Gasteiger partial charge in [0.25, 0.3) is 0 Å². The van der Waals surface area contributed by atoms with E-state index in [0.29, 0.717) is 5.02 Å². The molecule has 0 unspecified atom stereocenters. The Bertz CT molecular complexity index is 716. The third-order valence-corrected chi connectivity index (χ3v) is 3.77. The number of rotatable bonds is 4. The van der Waals surface area contributed by atoms with E-state index in [4.69, 9.17) is 23.8 Å². The second kappa shape index (κ2) is 8.46. The second-order valence-corrected chi connectivity index (χ2v) is 5.77. The highest BCUT2D eigenvalue weighted by atomic mass is 35.5. The first-order valence-electron chi connectivity index (χ1n) is 7.15. The molecule has 3 nitrogen and oxygen atoms in total. The first kappa shape index (κ1) is 17.2. The Morgan fingerprint density at radius 2 is 1.78 bits per heavy atom. The molecule has 1 atom stereocenters. The summed E-state index contributed by atoms with van der Waals surface area (Å²) in [7, 11) is 0. The number of carbonyl (C=O) groups is 1. The van der Waals surface area contributed by atoms with E-state index in [0.717, 1.165) is 11.1 Å². The summed E-state index contributed by atoms with van der Waals surface area (Å²) in [6.07, 6.45) is 3.06. The van der Waals surface area contributed by atoms with Crippen LogP contribution in [0.4, 0.5) is 0 Å². The van der Waals surface area contributed by atoms with Gasteiger partial charge in [-0.15, -0.1) is 0 Å². The first-order valence-corrected chi connectivity index (χ1v) is 7.94. The van der Waals surface area contributed by atoms with E-state index in [-0.39, 0.29) is 17.1 Å². The summed E-state index contributed by atoms with van der Waals surface area (Å²) in [6, 6.07) is 17.2. The Hall–Kier alpha value is -2.17. The van der Waals surface area contributed by atoms with Crippen LogP contribution in [0.1, 0.15) is 24.1 Å². The average Bonchev–Trinajstić information content (AvgIpc) is 2.54. The Kier molecular flexibility index (Phi) is 6.32. The minimum Gasteiger partial charge on any atom is -0.356 e. The van der Waals surface area contributed by atoms with Crippen LogP contribution in [-0.4, -0.2) is 11.0 Å². The number of thiocarbonyl (C=S) groups is 1. The number of carbonyl (C=O) groups excluding carboxylic acids is 1. The summed E-state index contributed by atoms with van der Waals surface area (Å²) in [5, 5.41) is 6.58. The molecule has 0 radical (unpaired) electrons. The van der Waals surface area contributed by atoms with Gasteiger partial charge in [-0.1, -0.05) is 60.1 Å². The Morgan fingerprint density at radius 1 is 1.13 bits per heavy atom. The predicted octanol–water partition coefficient (Wildman–Crippen LogP) is 4.11. The lowest BCUT2D eigenvalue weighted by molar-refractivity contribution is -0.115. The molecule has 0 fully saturated rings. The topological polar surface area (TPSA) is 41.1 Å². The second-order valence-electron chi connectivity index (χ2n) is 4.95. The molecule has 2 aromatic carbocycles. The number of benzene rings is 2. The van der Waals surface area contributed by atoms with Crippen LogP contribution in [-0.2, 0) is 4.79 Å². The summed E-state index contributed by atoms with van der Waals surface area (Å²) in [6.45, 7) is 1.98. The van der Waals surface area contributed by atoms with Crippen molar-refractivity contribution in [2.24, 2.45) is 0 Å². The molecule has 2 N–H and O–H groups in total. The van der Waals surface area contributed by atoms with Crippen molar-refractivity contribution in [1.29, 1.82) is 0 Å². The van der Waals surface area contributed by atoms with Gasteiger partial charge in [-0.3, -0.25) is 10.1 Å². The van der Waals surface area contributed by atoms with Crippen molar-refractivity contribution in [3.63, 3.8) is 0 Å². The van der Waals surface area contributed by atoms with Gasteiger partial charge in [0.05, 0.1) is 6.04 Å². The molecule has 0 saturated heterocycles. The summed E-state index contributed by atoms with van der Waals surface area (Å²) >= 11 is 11.2. The molecule has 2 aromatic rings. The van der Waals surface area contributed by atoms with Gasteiger partial charge in [-0.25, -0.2) is 0 Å². The van der Waals surface area contributed by atoms with Crippen LogP contribution in [0.5, 0.6) is 0 Å². The molecule has 0 saturated carbocycles. The van der Waals surface area contributed by atoms with E-state index in [1.54, 1.807) is 12.1 Å². The van der Waals surface area contributed by atoms with Crippen LogP contribution in [0, 0.1) is 0 Å². The molecule has 1 amide bonds. The van der Waals surface area contributed by atoms with Gasteiger partial charge >= 0.3 is 0 Å². The van der Waals surface area contributed by atoms with Gasteiger partial charge in [0.1, 0.15) is 0 Å². The standard InChI is InChI=1S/C18H17ClN2OS/c1-13(14-7-3-2-4-8-14)20-18(23)21-17(22)12-11-15-9-5-6-10-16(15)19/h2-13H,1H3,(H2,20,21,22,23)/b12-11-/t13-/m1/s1. The Balaban J connectivity index is 1.88. The third kappa shape index (κ3) is 5.51. The monoisotopic (exact) mass is 344 g/mol. The minimum atomic E-state index is -0.303. The van der Waals surface area contributed by atoms with E-state index >= 15 is 0 Å². The zero-order valence-electron chi connectivity index (χ0n) is 12.6. The zero-order valence-corrected chi connectivity index (χ0v) is 14.2. The highest BCUT2D eigenvalue weighted by Crippen LogP contribution is 2.16.